The lowest BCUT2D eigenvalue weighted by molar-refractivity contribution is 0.418. The standard InChI is InChI=1S/C17H16N2O3S/c1-21-16-5-3-4-14-15(10-11-19-17(14)16)22-12-6-8-13(9-7-12)23(2,18)20/h3-11,18H,1-2H3. The fraction of sp³-hybridized carbons (Fsp3) is 0.118. The number of benzene rings is 2. The molecular weight excluding hydrogens is 312 g/mol. The van der Waals surface area contributed by atoms with Gasteiger partial charge in [0.15, 0.2) is 0 Å². The van der Waals surface area contributed by atoms with Crippen LogP contribution in [-0.2, 0) is 9.73 Å². The fourth-order valence-corrected chi connectivity index (χ4v) is 2.93. The molecule has 6 heteroatoms. The Balaban J connectivity index is 1.99. The first kappa shape index (κ1) is 15.3. The van der Waals surface area contributed by atoms with Gasteiger partial charge < -0.3 is 9.47 Å². The molecule has 0 saturated heterocycles. The van der Waals surface area contributed by atoms with Crippen molar-refractivity contribution in [2.75, 3.05) is 13.4 Å². The third-order valence-corrected chi connectivity index (χ3v) is 4.59. The lowest BCUT2D eigenvalue weighted by Crippen LogP contribution is -1.95. The van der Waals surface area contributed by atoms with Crippen LogP contribution in [0.4, 0.5) is 0 Å². The van der Waals surface area contributed by atoms with E-state index in [4.69, 9.17) is 14.3 Å². The van der Waals surface area contributed by atoms with Gasteiger partial charge in [-0.1, -0.05) is 6.07 Å². The third kappa shape index (κ3) is 3.12. The van der Waals surface area contributed by atoms with Crippen molar-refractivity contribution in [3.8, 4) is 17.2 Å². The van der Waals surface area contributed by atoms with Crippen LogP contribution in [-0.4, -0.2) is 22.6 Å². The molecule has 1 atom stereocenters. The topological polar surface area (TPSA) is 72.3 Å². The second-order valence-electron chi connectivity index (χ2n) is 5.08. The highest BCUT2D eigenvalue weighted by Crippen LogP contribution is 2.33. The summed E-state index contributed by atoms with van der Waals surface area (Å²) in [5.41, 5.74) is 0.729. The predicted molar refractivity (Wildman–Crippen MR) is 89.9 cm³/mol. The van der Waals surface area contributed by atoms with E-state index in [1.165, 1.54) is 6.26 Å². The number of nitrogens with one attached hydrogen (secondary N) is 1. The smallest absolute Gasteiger partial charge is 0.145 e. The van der Waals surface area contributed by atoms with E-state index in [1.807, 2.05) is 18.2 Å². The zero-order valence-electron chi connectivity index (χ0n) is 12.8. The Labute approximate surface area is 134 Å². The second-order valence-corrected chi connectivity index (χ2v) is 7.24. The Hall–Kier alpha value is -2.60. The van der Waals surface area contributed by atoms with E-state index in [2.05, 4.69) is 4.98 Å². The Bertz CT molecular complexity index is 951. The number of para-hydroxylation sites is 1. The molecule has 0 spiro atoms. The number of hydrogen-bond donors (Lipinski definition) is 1. The van der Waals surface area contributed by atoms with Gasteiger partial charge >= 0.3 is 0 Å². The first-order chi connectivity index (χ1) is 11.0. The average Bonchev–Trinajstić information content (AvgIpc) is 2.54. The van der Waals surface area contributed by atoms with Crippen molar-refractivity contribution in [2.24, 2.45) is 0 Å². The molecule has 0 aliphatic heterocycles. The Morgan fingerprint density at radius 2 is 1.78 bits per heavy atom. The maximum absolute atomic E-state index is 11.7. The van der Waals surface area contributed by atoms with E-state index < -0.39 is 9.73 Å². The summed E-state index contributed by atoms with van der Waals surface area (Å²) in [6, 6.07) is 14.1. The van der Waals surface area contributed by atoms with Gasteiger partial charge in [-0.25, -0.2) is 8.99 Å². The molecule has 0 radical (unpaired) electrons. The number of ether oxygens (including phenoxy) is 2. The normalized spacial score (nSPS) is 13.5. The van der Waals surface area contributed by atoms with Crippen LogP contribution in [0.3, 0.4) is 0 Å². The van der Waals surface area contributed by atoms with Crippen molar-refractivity contribution >= 4 is 20.6 Å². The van der Waals surface area contributed by atoms with Gasteiger partial charge in [0.1, 0.15) is 22.8 Å². The number of methoxy groups -OCH3 is 1. The second kappa shape index (κ2) is 5.89. The summed E-state index contributed by atoms with van der Waals surface area (Å²) in [6.45, 7) is 0. The highest BCUT2D eigenvalue weighted by atomic mass is 32.2. The summed E-state index contributed by atoms with van der Waals surface area (Å²) in [4.78, 5) is 4.81. The minimum absolute atomic E-state index is 0.478. The van der Waals surface area contributed by atoms with Gasteiger partial charge in [0.25, 0.3) is 0 Å². The largest absolute Gasteiger partial charge is 0.494 e. The van der Waals surface area contributed by atoms with Gasteiger partial charge in [-0.2, -0.15) is 0 Å². The molecular formula is C17H16N2O3S. The Morgan fingerprint density at radius 1 is 1.04 bits per heavy atom. The number of rotatable bonds is 4. The molecule has 2 aromatic carbocycles. The minimum atomic E-state index is -2.72. The van der Waals surface area contributed by atoms with Crippen molar-refractivity contribution in [2.45, 2.75) is 4.90 Å². The number of nitrogens with zero attached hydrogens (tertiary/aromatic N) is 1. The Kier molecular flexibility index (Phi) is 3.92. The molecule has 23 heavy (non-hydrogen) atoms. The quantitative estimate of drug-likeness (QED) is 0.783. The molecule has 0 fully saturated rings. The van der Waals surface area contributed by atoms with Crippen molar-refractivity contribution in [3.63, 3.8) is 0 Å². The third-order valence-electron chi connectivity index (χ3n) is 3.42. The molecule has 0 aliphatic rings. The van der Waals surface area contributed by atoms with E-state index >= 15 is 0 Å². The maximum atomic E-state index is 11.7. The van der Waals surface area contributed by atoms with Gasteiger partial charge in [0.05, 0.1) is 16.8 Å². The van der Waals surface area contributed by atoms with E-state index in [-0.39, 0.29) is 0 Å². The van der Waals surface area contributed by atoms with Crippen molar-refractivity contribution in [3.05, 3.63) is 54.7 Å². The molecule has 1 unspecified atom stereocenters. The molecule has 1 heterocycles. The first-order valence-corrected chi connectivity index (χ1v) is 8.89. The SMILES string of the molecule is COc1cccc2c(Oc3ccc(S(C)(=N)=O)cc3)ccnc12. The Morgan fingerprint density at radius 3 is 2.43 bits per heavy atom. The van der Waals surface area contributed by atoms with Crippen LogP contribution in [0, 0.1) is 4.78 Å². The summed E-state index contributed by atoms with van der Waals surface area (Å²) < 4.78 is 30.5. The van der Waals surface area contributed by atoms with E-state index in [1.54, 1.807) is 43.6 Å². The van der Waals surface area contributed by atoms with Crippen molar-refractivity contribution in [1.29, 1.82) is 4.78 Å². The number of pyridine rings is 1. The summed E-state index contributed by atoms with van der Waals surface area (Å²) in [5.74, 6) is 1.95. The van der Waals surface area contributed by atoms with Crippen LogP contribution in [0.25, 0.3) is 10.9 Å². The first-order valence-electron chi connectivity index (χ1n) is 6.92. The van der Waals surface area contributed by atoms with Gasteiger partial charge in [-0.05, 0) is 42.5 Å². The molecule has 1 aromatic heterocycles. The minimum Gasteiger partial charge on any atom is -0.494 e. The number of hydrogen-bond acceptors (Lipinski definition) is 5. The van der Waals surface area contributed by atoms with Crippen molar-refractivity contribution in [1.82, 2.24) is 4.98 Å². The number of aromatic nitrogens is 1. The van der Waals surface area contributed by atoms with E-state index in [0.29, 0.717) is 22.1 Å². The summed E-state index contributed by atoms with van der Waals surface area (Å²) in [6.07, 6.45) is 3.06. The zero-order chi connectivity index (χ0) is 16.4. The molecule has 0 bridgehead atoms. The summed E-state index contributed by atoms with van der Waals surface area (Å²) in [7, 11) is -1.12. The van der Waals surface area contributed by atoms with Gasteiger partial charge in [-0.15, -0.1) is 0 Å². The lowest BCUT2D eigenvalue weighted by atomic mass is 10.2. The molecule has 0 aliphatic carbocycles. The van der Waals surface area contributed by atoms with Crippen LogP contribution in [0.1, 0.15) is 0 Å². The molecule has 3 rings (SSSR count). The van der Waals surface area contributed by atoms with Gasteiger partial charge in [0, 0.05) is 22.7 Å². The highest BCUT2D eigenvalue weighted by Gasteiger charge is 2.09. The molecule has 1 N–H and O–H groups in total. The zero-order valence-corrected chi connectivity index (χ0v) is 13.6. The van der Waals surface area contributed by atoms with Crippen LogP contribution in [0.5, 0.6) is 17.2 Å². The maximum Gasteiger partial charge on any atom is 0.145 e. The summed E-state index contributed by atoms with van der Waals surface area (Å²) in [5, 5.41) is 0.843. The molecule has 3 aromatic rings. The highest BCUT2D eigenvalue weighted by molar-refractivity contribution is 7.91. The molecule has 5 nitrogen and oxygen atoms in total. The predicted octanol–water partition coefficient (Wildman–Crippen LogP) is 4.07. The number of fused-ring (bicyclic) bond motifs is 1. The average molecular weight is 328 g/mol. The van der Waals surface area contributed by atoms with Gasteiger partial charge in [0.2, 0.25) is 0 Å². The van der Waals surface area contributed by atoms with Crippen LogP contribution in [0.15, 0.2) is 59.6 Å². The van der Waals surface area contributed by atoms with Crippen LogP contribution >= 0.6 is 0 Å². The van der Waals surface area contributed by atoms with Crippen molar-refractivity contribution < 1.29 is 13.7 Å². The molecule has 118 valence electrons. The fourth-order valence-electron chi connectivity index (χ4n) is 2.27. The van der Waals surface area contributed by atoms with Crippen LogP contribution < -0.4 is 9.47 Å². The monoisotopic (exact) mass is 328 g/mol. The lowest BCUT2D eigenvalue weighted by Gasteiger charge is -2.11. The summed E-state index contributed by atoms with van der Waals surface area (Å²) >= 11 is 0. The van der Waals surface area contributed by atoms with E-state index in [9.17, 15) is 4.21 Å². The molecule has 0 amide bonds. The van der Waals surface area contributed by atoms with Crippen LogP contribution in [0.2, 0.25) is 0 Å². The molecule has 0 saturated carbocycles. The van der Waals surface area contributed by atoms with Gasteiger partial charge in [-0.3, -0.25) is 4.98 Å². The van der Waals surface area contributed by atoms with E-state index in [0.717, 1.165) is 10.9 Å².